The Balaban J connectivity index is 1.74. The van der Waals surface area contributed by atoms with Gasteiger partial charge in [0.25, 0.3) is 5.91 Å². The molecule has 0 aliphatic carbocycles. The van der Waals surface area contributed by atoms with E-state index in [1.165, 1.54) is 36.3 Å². The number of benzene rings is 2. The number of rotatable bonds is 9. The van der Waals surface area contributed by atoms with E-state index in [0.717, 1.165) is 0 Å². The van der Waals surface area contributed by atoms with E-state index in [2.05, 4.69) is 0 Å². The third kappa shape index (κ3) is 5.87. The molecule has 0 spiro atoms. The molecule has 0 saturated carbocycles. The molecule has 0 fully saturated rings. The quantitative estimate of drug-likeness (QED) is 0.441. The number of esters is 1. The van der Waals surface area contributed by atoms with Crippen molar-refractivity contribution in [1.82, 2.24) is 0 Å². The van der Waals surface area contributed by atoms with Gasteiger partial charge in [0.1, 0.15) is 0 Å². The van der Waals surface area contributed by atoms with Crippen LogP contribution in [0, 0.1) is 11.3 Å². The number of sulfone groups is 1. The van der Waals surface area contributed by atoms with Gasteiger partial charge >= 0.3 is 5.97 Å². The summed E-state index contributed by atoms with van der Waals surface area (Å²) in [6, 6.07) is 19.9. The number of para-hydroxylation sites is 1. The highest BCUT2D eigenvalue weighted by atomic mass is 32.2. The lowest BCUT2D eigenvalue weighted by atomic mass is 10.2. The first kappa shape index (κ1) is 23.8. The van der Waals surface area contributed by atoms with Gasteiger partial charge in [-0.15, -0.1) is 0 Å². The molecule has 2 aromatic carbocycles. The van der Waals surface area contributed by atoms with Gasteiger partial charge in [-0.25, -0.2) is 13.2 Å². The van der Waals surface area contributed by atoms with Gasteiger partial charge in [-0.05, 0) is 37.3 Å². The normalized spacial score (nSPS) is 11.9. The van der Waals surface area contributed by atoms with E-state index in [9.17, 15) is 18.0 Å². The summed E-state index contributed by atoms with van der Waals surface area (Å²) in [7, 11) is -3.72. The zero-order valence-electron chi connectivity index (χ0n) is 17.9. The highest BCUT2D eigenvalue weighted by molar-refractivity contribution is 7.90. The Kier molecular flexibility index (Phi) is 7.64. The minimum absolute atomic E-state index is 0.0982. The second-order valence-corrected chi connectivity index (χ2v) is 9.12. The molecule has 0 radical (unpaired) electrons. The zero-order valence-corrected chi connectivity index (χ0v) is 18.7. The number of nitriles is 1. The highest BCUT2D eigenvalue weighted by Crippen LogP contribution is 2.22. The maximum Gasteiger partial charge on any atom is 0.375 e. The molecule has 170 valence electrons. The van der Waals surface area contributed by atoms with Crippen LogP contribution in [-0.2, 0) is 25.1 Å². The van der Waals surface area contributed by atoms with Crippen molar-refractivity contribution in [3.05, 3.63) is 84.3 Å². The average Bonchev–Trinajstić information content (AvgIpc) is 3.28. The molecule has 1 aromatic heterocycles. The lowest BCUT2D eigenvalue weighted by molar-refractivity contribution is -0.126. The first-order valence-electron chi connectivity index (χ1n) is 10.1. The molecule has 1 unspecified atom stereocenters. The van der Waals surface area contributed by atoms with Crippen molar-refractivity contribution >= 4 is 27.4 Å². The summed E-state index contributed by atoms with van der Waals surface area (Å²) in [5.41, 5.74) is 0.696. The SMILES string of the molecule is CC(OC(=O)c1occc1CS(=O)(=O)c1ccccc1)C(=O)N(CCC#N)c1ccccc1. The van der Waals surface area contributed by atoms with Gasteiger partial charge in [0, 0.05) is 17.8 Å². The van der Waals surface area contributed by atoms with Crippen LogP contribution in [0.4, 0.5) is 5.69 Å². The van der Waals surface area contributed by atoms with Crippen molar-refractivity contribution in [3.63, 3.8) is 0 Å². The molecule has 9 heteroatoms. The smallest absolute Gasteiger partial charge is 0.375 e. The third-order valence-electron chi connectivity index (χ3n) is 4.79. The molecular weight excluding hydrogens is 444 g/mol. The van der Waals surface area contributed by atoms with E-state index >= 15 is 0 Å². The molecule has 33 heavy (non-hydrogen) atoms. The van der Waals surface area contributed by atoms with Gasteiger partial charge < -0.3 is 14.1 Å². The van der Waals surface area contributed by atoms with Crippen LogP contribution in [-0.4, -0.2) is 32.9 Å². The predicted molar refractivity (Wildman–Crippen MR) is 120 cm³/mol. The number of amides is 1. The lowest BCUT2D eigenvalue weighted by Crippen LogP contribution is -2.40. The Labute approximate surface area is 191 Å². The topological polar surface area (TPSA) is 118 Å². The van der Waals surface area contributed by atoms with Gasteiger partial charge in [0.15, 0.2) is 15.9 Å². The number of carbonyl (C=O) groups excluding carboxylic acids is 2. The van der Waals surface area contributed by atoms with Crippen LogP contribution in [0.5, 0.6) is 0 Å². The van der Waals surface area contributed by atoms with Gasteiger partial charge in [-0.2, -0.15) is 5.26 Å². The second kappa shape index (κ2) is 10.6. The van der Waals surface area contributed by atoms with Crippen LogP contribution in [0.2, 0.25) is 0 Å². The number of hydrogen-bond acceptors (Lipinski definition) is 7. The number of nitrogens with zero attached hydrogens (tertiary/aromatic N) is 2. The van der Waals surface area contributed by atoms with Crippen molar-refractivity contribution in [3.8, 4) is 6.07 Å². The van der Waals surface area contributed by atoms with Gasteiger partial charge in [-0.1, -0.05) is 36.4 Å². The van der Waals surface area contributed by atoms with Crippen molar-refractivity contribution in [1.29, 1.82) is 5.26 Å². The fraction of sp³-hybridized carbons (Fsp3) is 0.208. The first-order valence-corrected chi connectivity index (χ1v) is 11.8. The number of ether oxygens (including phenoxy) is 1. The molecule has 3 rings (SSSR count). The fourth-order valence-electron chi connectivity index (χ4n) is 3.16. The maximum absolute atomic E-state index is 13.0. The largest absolute Gasteiger partial charge is 0.457 e. The minimum Gasteiger partial charge on any atom is -0.457 e. The van der Waals surface area contributed by atoms with E-state index in [-0.39, 0.29) is 29.2 Å². The summed E-state index contributed by atoms with van der Waals surface area (Å²) in [6.45, 7) is 1.54. The van der Waals surface area contributed by atoms with Gasteiger partial charge in [-0.3, -0.25) is 4.79 Å². The first-order chi connectivity index (χ1) is 15.8. The third-order valence-corrected chi connectivity index (χ3v) is 6.47. The molecule has 1 atom stereocenters. The zero-order chi connectivity index (χ0) is 23.8. The molecule has 0 bridgehead atoms. The predicted octanol–water partition coefficient (Wildman–Crippen LogP) is 3.75. The van der Waals surface area contributed by atoms with E-state index < -0.39 is 33.6 Å². The van der Waals surface area contributed by atoms with Crippen LogP contribution in [0.3, 0.4) is 0 Å². The van der Waals surface area contributed by atoms with Crippen molar-refractivity contribution in [2.45, 2.75) is 30.1 Å². The maximum atomic E-state index is 13.0. The summed E-state index contributed by atoms with van der Waals surface area (Å²) < 4.78 is 35.8. The second-order valence-electron chi connectivity index (χ2n) is 7.13. The highest BCUT2D eigenvalue weighted by Gasteiger charge is 2.29. The van der Waals surface area contributed by atoms with Crippen LogP contribution >= 0.6 is 0 Å². The monoisotopic (exact) mass is 466 g/mol. The van der Waals surface area contributed by atoms with Crippen LogP contribution in [0.15, 0.2) is 82.3 Å². The summed E-state index contributed by atoms with van der Waals surface area (Å²) in [5, 5.41) is 8.92. The number of anilines is 1. The summed E-state index contributed by atoms with van der Waals surface area (Å²) in [6.07, 6.45) is 0.100. The Bertz CT molecular complexity index is 1250. The van der Waals surface area contributed by atoms with E-state index in [4.69, 9.17) is 14.4 Å². The van der Waals surface area contributed by atoms with Crippen molar-refractivity contribution in [2.24, 2.45) is 0 Å². The summed E-state index contributed by atoms with van der Waals surface area (Å²) >= 11 is 0. The molecule has 0 aliphatic heterocycles. The Hall–Kier alpha value is -3.90. The molecule has 8 nitrogen and oxygen atoms in total. The molecule has 1 amide bonds. The Morgan fingerprint density at radius 2 is 1.70 bits per heavy atom. The summed E-state index contributed by atoms with van der Waals surface area (Å²) in [5.74, 6) is -2.21. The minimum atomic E-state index is -3.72. The standard InChI is InChI=1S/C24H22N2O6S/c1-18(23(27)26(15-8-14-25)20-9-4-2-5-10-20)32-24(28)22-19(13-16-31-22)17-33(29,30)21-11-6-3-7-12-21/h2-7,9-13,16,18H,8,15,17H2,1H3. The van der Waals surface area contributed by atoms with Crippen LogP contribution < -0.4 is 4.90 Å². The molecular formula is C24H22N2O6S. The van der Waals surface area contributed by atoms with Crippen molar-refractivity contribution < 1.29 is 27.2 Å². The average molecular weight is 467 g/mol. The molecule has 0 saturated heterocycles. The molecule has 0 aliphatic rings. The Morgan fingerprint density at radius 1 is 1.06 bits per heavy atom. The Morgan fingerprint density at radius 3 is 2.33 bits per heavy atom. The van der Waals surface area contributed by atoms with Crippen LogP contribution in [0.25, 0.3) is 0 Å². The van der Waals surface area contributed by atoms with Gasteiger partial charge in [0.2, 0.25) is 5.76 Å². The molecule has 1 heterocycles. The fourth-order valence-corrected chi connectivity index (χ4v) is 4.54. The van der Waals surface area contributed by atoms with Crippen LogP contribution in [0.1, 0.15) is 29.5 Å². The number of hydrogen-bond donors (Lipinski definition) is 0. The van der Waals surface area contributed by atoms with Crippen molar-refractivity contribution in [2.75, 3.05) is 11.4 Å². The number of furan rings is 1. The van der Waals surface area contributed by atoms with E-state index in [1.807, 2.05) is 6.07 Å². The summed E-state index contributed by atoms with van der Waals surface area (Å²) in [4.78, 5) is 27.2. The van der Waals surface area contributed by atoms with Gasteiger partial charge in [0.05, 0.1) is 29.4 Å². The van der Waals surface area contributed by atoms with E-state index in [0.29, 0.717) is 5.69 Å². The molecule has 3 aromatic rings. The number of carbonyl (C=O) groups is 2. The lowest BCUT2D eigenvalue weighted by Gasteiger charge is -2.25. The molecule has 0 N–H and O–H groups in total. The van der Waals surface area contributed by atoms with E-state index in [1.54, 1.807) is 48.5 Å².